The van der Waals surface area contributed by atoms with Crippen LogP contribution in [-0.4, -0.2) is 13.7 Å². The molecule has 0 heterocycles. The van der Waals surface area contributed by atoms with Gasteiger partial charge in [0.25, 0.3) is 0 Å². The predicted molar refractivity (Wildman–Crippen MR) is 71.6 cm³/mol. The summed E-state index contributed by atoms with van der Waals surface area (Å²) in [4.78, 5) is 4.92. The molecule has 0 aliphatic heterocycles. The topological polar surface area (TPSA) is 44.5 Å². The van der Waals surface area contributed by atoms with Crippen molar-refractivity contribution in [1.29, 1.82) is 0 Å². The van der Waals surface area contributed by atoms with Crippen molar-refractivity contribution in [1.82, 2.24) is 0 Å². The van der Waals surface area contributed by atoms with E-state index in [0.717, 1.165) is 18.6 Å². The van der Waals surface area contributed by atoms with Gasteiger partial charge < -0.3 is 9.57 Å². The number of hydrogen-bond donors (Lipinski definition) is 1. The molecule has 1 aliphatic carbocycles. The van der Waals surface area contributed by atoms with Crippen LogP contribution in [0.2, 0.25) is 0 Å². The van der Waals surface area contributed by atoms with Gasteiger partial charge in [-0.3, -0.25) is 0 Å². The molecule has 0 bridgehead atoms. The Hall–Kier alpha value is -1.58. The number of fused-ring (bicyclic) bond motifs is 1. The Morgan fingerprint density at radius 2 is 1.94 bits per heavy atom. The van der Waals surface area contributed by atoms with E-state index < -0.39 is 0 Å². The van der Waals surface area contributed by atoms with Crippen LogP contribution in [0.25, 0.3) is 10.8 Å². The van der Waals surface area contributed by atoms with Crippen LogP contribution in [0.4, 0.5) is 0 Å². The van der Waals surface area contributed by atoms with Gasteiger partial charge in [0, 0.05) is 11.0 Å². The van der Waals surface area contributed by atoms with Crippen molar-refractivity contribution in [2.24, 2.45) is 5.90 Å². The van der Waals surface area contributed by atoms with Crippen LogP contribution >= 0.6 is 0 Å². The summed E-state index contributed by atoms with van der Waals surface area (Å²) in [6.45, 7) is 0.553. The molecule has 0 atom stereocenters. The normalized spacial score (nSPS) is 16.8. The molecule has 3 nitrogen and oxygen atoms in total. The van der Waals surface area contributed by atoms with Crippen LogP contribution in [0.15, 0.2) is 36.4 Å². The largest absolute Gasteiger partial charge is 0.496 e. The number of benzene rings is 2. The lowest BCUT2D eigenvalue weighted by Crippen LogP contribution is -2.19. The Balaban J connectivity index is 2.24. The quantitative estimate of drug-likeness (QED) is 0.840. The third kappa shape index (κ3) is 1.67. The summed E-state index contributed by atoms with van der Waals surface area (Å²) in [5.74, 6) is 6.22. The van der Waals surface area contributed by atoms with Gasteiger partial charge in [-0.05, 0) is 29.7 Å². The van der Waals surface area contributed by atoms with Gasteiger partial charge in [-0.1, -0.05) is 30.3 Å². The Labute approximate surface area is 106 Å². The smallest absolute Gasteiger partial charge is 0.123 e. The number of ether oxygens (including phenoxy) is 1. The van der Waals surface area contributed by atoms with E-state index in [1.54, 1.807) is 7.11 Å². The standard InChI is InChI=1S/C15H17NO2/c1-17-13-7-6-11-4-2-3-5-12(11)14(13)15(8-9-15)10-18-16/h2-7H,8-10,16H2,1H3. The molecular weight excluding hydrogens is 226 g/mol. The first-order valence-corrected chi connectivity index (χ1v) is 6.19. The Kier molecular flexibility index (Phi) is 2.73. The Morgan fingerprint density at radius 1 is 1.17 bits per heavy atom. The van der Waals surface area contributed by atoms with E-state index in [1.165, 1.54) is 16.3 Å². The first-order chi connectivity index (χ1) is 8.80. The number of hydrogen-bond acceptors (Lipinski definition) is 3. The first kappa shape index (κ1) is 11.5. The summed E-state index contributed by atoms with van der Waals surface area (Å²) in [6, 6.07) is 12.5. The van der Waals surface area contributed by atoms with Crippen molar-refractivity contribution in [3.05, 3.63) is 42.0 Å². The highest BCUT2D eigenvalue weighted by atomic mass is 16.6. The van der Waals surface area contributed by atoms with E-state index in [9.17, 15) is 0 Å². The molecule has 1 saturated carbocycles. The van der Waals surface area contributed by atoms with Gasteiger partial charge in [0.05, 0.1) is 13.7 Å². The number of nitrogens with two attached hydrogens (primary N) is 1. The van der Waals surface area contributed by atoms with Gasteiger partial charge in [-0.2, -0.15) is 0 Å². The van der Waals surface area contributed by atoms with Crippen LogP contribution in [0.5, 0.6) is 5.75 Å². The molecule has 0 saturated heterocycles. The van der Waals surface area contributed by atoms with Gasteiger partial charge in [0.1, 0.15) is 5.75 Å². The van der Waals surface area contributed by atoms with Crippen molar-refractivity contribution < 1.29 is 9.57 Å². The average molecular weight is 243 g/mol. The van der Waals surface area contributed by atoms with Gasteiger partial charge in [0.15, 0.2) is 0 Å². The average Bonchev–Trinajstić information content (AvgIpc) is 3.18. The first-order valence-electron chi connectivity index (χ1n) is 6.19. The van der Waals surface area contributed by atoms with Crippen LogP contribution in [-0.2, 0) is 10.3 Å². The molecular formula is C15H17NO2. The zero-order chi connectivity index (χ0) is 12.6. The molecule has 0 amide bonds. The minimum absolute atomic E-state index is 0.0426. The second-order valence-corrected chi connectivity index (χ2v) is 4.96. The minimum Gasteiger partial charge on any atom is -0.496 e. The summed E-state index contributed by atoms with van der Waals surface area (Å²) in [6.07, 6.45) is 2.21. The maximum absolute atomic E-state index is 5.53. The minimum atomic E-state index is 0.0426. The molecule has 1 fully saturated rings. The molecule has 0 spiro atoms. The summed E-state index contributed by atoms with van der Waals surface area (Å²) in [7, 11) is 1.72. The third-order valence-electron chi connectivity index (χ3n) is 3.85. The molecule has 2 aromatic rings. The maximum atomic E-state index is 5.53. The van der Waals surface area contributed by atoms with Crippen LogP contribution in [0.1, 0.15) is 18.4 Å². The van der Waals surface area contributed by atoms with Gasteiger partial charge in [-0.15, -0.1) is 0 Å². The van der Waals surface area contributed by atoms with Crippen molar-refractivity contribution in [2.45, 2.75) is 18.3 Å². The van der Waals surface area contributed by atoms with E-state index in [1.807, 2.05) is 6.07 Å². The number of methoxy groups -OCH3 is 1. The van der Waals surface area contributed by atoms with E-state index in [0.29, 0.717) is 6.61 Å². The summed E-state index contributed by atoms with van der Waals surface area (Å²) < 4.78 is 5.53. The Bertz CT molecular complexity index is 576. The van der Waals surface area contributed by atoms with Crippen molar-refractivity contribution >= 4 is 10.8 Å². The van der Waals surface area contributed by atoms with E-state index in [4.69, 9.17) is 15.5 Å². The van der Waals surface area contributed by atoms with E-state index in [2.05, 4.69) is 30.3 Å². The van der Waals surface area contributed by atoms with Gasteiger partial charge >= 0.3 is 0 Å². The second kappa shape index (κ2) is 4.26. The number of rotatable bonds is 4. The fraction of sp³-hybridized carbons (Fsp3) is 0.333. The van der Waals surface area contributed by atoms with Crippen molar-refractivity contribution in [3.8, 4) is 5.75 Å². The lowest BCUT2D eigenvalue weighted by atomic mass is 9.90. The maximum Gasteiger partial charge on any atom is 0.123 e. The molecule has 3 heteroatoms. The van der Waals surface area contributed by atoms with E-state index in [-0.39, 0.29) is 5.41 Å². The molecule has 18 heavy (non-hydrogen) atoms. The van der Waals surface area contributed by atoms with Gasteiger partial charge in [0.2, 0.25) is 0 Å². The highest BCUT2D eigenvalue weighted by Crippen LogP contribution is 2.53. The predicted octanol–water partition coefficient (Wildman–Crippen LogP) is 2.77. The molecule has 2 aromatic carbocycles. The highest BCUT2D eigenvalue weighted by Gasteiger charge is 2.47. The summed E-state index contributed by atoms with van der Waals surface area (Å²) in [5, 5.41) is 2.47. The van der Waals surface area contributed by atoms with Crippen LogP contribution in [0, 0.1) is 0 Å². The summed E-state index contributed by atoms with van der Waals surface area (Å²) >= 11 is 0. The zero-order valence-electron chi connectivity index (χ0n) is 10.5. The summed E-state index contributed by atoms with van der Waals surface area (Å²) in [5.41, 5.74) is 1.29. The van der Waals surface area contributed by atoms with Crippen molar-refractivity contribution in [3.63, 3.8) is 0 Å². The Morgan fingerprint density at radius 3 is 2.61 bits per heavy atom. The van der Waals surface area contributed by atoms with Crippen molar-refractivity contribution in [2.75, 3.05) is 13.7 Å². The molecule has 1 aliphatic rings. The molecule has 0 radical (unpaired) electrons. The molecule has 2 N–H and O–H groups in total. The lowest BCUT2D eigenvalue weighted by Gasteiger charge is -2.20. The molecule has 3 rings (SSSR count). The van der Waals surface area contributed by atoms with Crippen LogP contribution in [0.3, 0.4) is 0 Å². The lowest BCUT2D eigenvalue weighted by molar-refractivity contribution is 0.115. The van der Waals surface area contributed by atoms with Gasteiger partial charge in [-0.25, -0.2) is 5.90 Å². The zero-order valence-corrected chi connectivity index (χ0v) is 10.5. The molecule has 0 aromatic heterocycles. The molecule has 94 valence electrons. The fourth-order valence-corrected chi connectivity index (χ4v) is 2.75. The van der Waals surface area contributed by atoms with Crippen LogP contribution < -0.4 is 10.6 Å². The molecule has 0 unspecified atom stereocenters. The third-order valence-corrected chi connectivity index (χ3v) is 3.85. The fourth-order valence-electron chi connectivity index (χ4n) is 2.75. The SMILES string of the molecule is COc1ccc2ccccc2c1C1(CON)CC1. The van der Waals surface area contributed by atoms with E-state index >= 15 is 0 Å². The monoisotopic (exact) mass is 243 g/mol. The second-order valence-electron chi connectivity index (χ2n) is 4.96. The highest BCUT2D eigenvalue weighted by molar-refractivity contribution is 5.89.